The van der Waals surface area contributed by atoms with Crippen LogP contribution in [0.4, 0.5) is 13.2 Å². The van der Waals surface area contributed by atoms with E-state index >= 15 is 0 Å². The molecule has 0 N–H and O–H groups in total. The third kappa shape index (κ3) is 6.60. The van der Waals surface area contributed by atoms with Crippen LogP contribution in [-0.2, 0) is 14.9 Å². The van der Waals surface area contributed by atoms with E-state index in [0.717, 1.165) is 0 Å². The molecule has 0 aromatic heterocycles. The standard InChI is InChI=1S/C12H16F3O3Si/c1-3-16-19(17-4-2)9-10-6-5-7-11(8-10)18-12(13,14)15/h5-8H,3-4,9H2,1-2H3. The lowest BCUT2D eigenvalue weighted by Crippen LogP contribution is -2.26. The number of hydrogen-bond acceptors (Lipinski definition) is 3. The summed E-state index contributed by atoms with van der Waals surface area (Å²) < 4.78 is 51.1. The van der Waals surface area contributed by atoms with E-state index in [9.17, 15) is 13.2 Å². The zero-order chi connectivity index (χ0) is 14.3. The maximum absolute atomic E-state index is 12.1. The summed E-state index contributed by atoms with van der Waals surface area (Å²) in [6, 6.07) is 6.35. The monoisotopic (exact) mass is 293 g/mol. The van der Waals surface area contributed by atoms with Crippen LogP contribution in [0.2, 0.25) is 0 Å². The Kier molecular flexibility index (Phi) is 6.33. The second-order valence-corrected chi connectivity index (χ2v) is 5.28. The quantitative estimate of drug-likeness (QED) is 0.722. The van der Waals surface area contributed by atoms with Crippen molar-refractivity contribution in [2.24, 2.45) is 0 Å². The van der Waals surface area contributed by atoms with Crippen molar-refractivity contribution < 1.29 is 26.8 Å². The van der Waals surface area contributed by atoms with E-state index in [0.29, 0.717) is 24.8 Å². The summed E-state index contributed by atoms with van der Waals surface area (Å²) in [5.41, 5.74) is 0.706. The van der Waals surface area contributed by atoms with Crippen LogP contribution in [0.5, 0.6) is 5.75 Å². The van der Waals surface area contributed by atoms with Gasteiger partial charge in [-0.3, -0.25) is 0 Å². The van der Waals surface area contributed by atoms with Crippen LogP contribution in [0.25, 0.3) is 0 Å². The maximum Gasteiger partial charge on any atom is 0.573 e. The van der Waals surface area contributed by atoms with Crippen LogP contribution >= 0.6 is 0 Å². The number of hydrogen-bond donors (Lipinski definition) is 0. The minimum atomic E-state index is -4.67. The van der Waals surface area contributed by atoms with Crippen molar-refractivity contribution in [2.75, 3.05) is 13.2 Å². The molecule has 0 saturated heterocycles. The summed E-state index contributed by atoms with van der Waals surface area (Å²) in [6.45, 7) is 4.75. The van der Waals surface area contributed by atoms with Crippen molar-refractivity contribution >= 4 is 9.28 Å². The number of halogens is 3. The number of rotatable bonds is 7. The van der Waals surface area contributed by atoms with Gasteiger partial charge in [-0.15, -0.1) is 13.2 Å². The molecule has 0 spiro atoms. The molecule has 0 aliphatic carbocycles. The molecule has 0 atom stereocenters. The lowest BCUT2D eigenvalue weighted by Gasteiger charge is -2.14. The lowest BCUT2D eigenvalue weighted by molar-refractivity contribution is -0.274. The molecule has 0 saturated carbocycles. The molecule has 0 bridgehead atoms. The van der Waals surface area contributed by atoms with Crippen LogP contribution in [-0.4, -0.2) is 28.9 Å². The van der Waals surface area contributed by atoms with E-state index in [-0.39, 0.29) is 5.75 Å². The van der Waals surface area contributed by atoms with Gasteiger partial charge >= 0.3 is 15.6 Å². The molecular formula is C12H16F3O3Si. The van der Waals surface area contributed by atoms with Crippen molar-refractivity contribution in [3.63, 3.8) is 0 Å². The third-order valence-electron chi connectivity index (χ3n) is 2.09. The van der Waals surface area contributed by atoms with E-state index in [2.05, 4.69) is 4.74 Å². The first-order valence-corrected chi connectivity index (χ1v) is 7.43. The van der Waals surface area contributed by atoms with Gasteiger partial charge in [-0.05, 0) is 31.5 Å². The molecule has 0 fully saturated rings. The second kappa shape index (κ2) is 7.52. The van der Waals surface area contributed by atoms with E-state index < -0.39 is 15.6 Å². The highest BCUT2D eigenvalue weighted by Gasteiger charge is 2.31. The summed E-state index contributed by atoms with van der Waals surface area (Å²) >= 11 is 0. The number of ether oxygens (including phenoxy) is 1. The molecule has 7 heteroatoms. The summed E-state index contributed by atoms with van der Waals surface area (Å²) in [5, 5.41) is 0. The summed E-state index contributed by atoms with van der Waals surface area (Å²) in [4.78, 5) is 0. The van der Waals surface area contributed by atoms with Crippen LogP contribution in [0.15, 0.2) is 24.3 Å². The van der Waals surface area contributed by atoms with Crippen molar-refractivity contribution in [3.05, 3.63) is 29.8 Å². The Morgan fingerprint density at radius 1 is 1.11 bits per heavy atom. The summed E-state index contributed by atoms with van der Waals surface area (Å²) in [6.07, 6.45) is -4.67. The fourth-order valence-corrected chi connectivity index (χ4v) is 2.97. The van der Waals surface area contributed by atoms with Gasteiger partial charge in [0.2, 0.25) is 0 Å². The van der Waals surface area contributed by atoms with E-state index in [1.807, 2.05) is 13.8 Å². The van der Waals surface area contributed by atoms with Gasteiger partial charge in [0.1, 0.15) is 5.75 Å². The average molecular weight is 293 g/mol. The van der Waals surface area contributed by atoms with Gasteiger partial charge in [-0.2, -0.15) is 0 Å². The van der Waals surface area contributed by atoms with Gasteiger partial charge in [0.05, 0.1) is 0 Å². The lowest BCUT2D eigenvalue weighted by atomic mass is 10.2. The normalized spacial score (nSPS) is 11.9. The fraction of sp³-hybridized carbons (Fsp3) is 0.500. The molecule has 1 rings (SSSR count). The van der Waals surface area contributed by atoms with Gasteiger partial charge in [0, 0.05) is 19.3 Å². The predicted octanol–water partition coefficient (Wildman–Crippen LogP) is 3.23. The number of benzene rings is 1. The first-order chi connectivity index (χ1) is 8.94. The molecule has 0 aliphatic heterocycles. The molecule has 1 radical (unpaired) electrons. The Labute approximate surface area is 112 Å². The maximum atomic E-state index is 12.1. The third-order valence-corrected chi connectivity index (χ3v) is 4.01. The molecular weight excluding hydrogens is 277 g/mol. The Hall–Kier alpha value is -1.05. The van der Waals surface area contributed by atoms with Gasteiger partial charge < -0.3 is 13.6 Å². The van der Waals surface area contributed by atoms with Crippen LogP contribution < -0.4 is 4.74 Å². The highest BCUT2D eigenvalue weighted by atomic mass is 28.3. The Morgan fingerprint density at radius 3 is 2.26 bits per heavy atom. The van der Waals surface area contributed by atoms with Gasteiger partial charge in [-0.1, -0.05) is 12.1 Å². The first-order valence-electron chi connectivity index (χ1n) is 5.90. The van der Waals surface area contributed by atoms with E-state index in [4.69, 9.17) is 8.85 Å². The van der Waals surface area contributed by atoms with Crippen LogP contribution in [0, 0.1) is 0 Å². The predicted molar refractivity (Wildman–Crippen MR) is 65.8 cm³/mol. The molecule has 0 amide bonds. The molecule has 19 heavy (non-hydrogen) atoms. The van der Waals surface area contributed by atoms with Crippen LogP contribution in [0.3, 0.4) is 0 Å². The zero-order valence-electron chi connectivity index (χ0n) is 10.8. The summed E-state index contributed by atoms with van der Waals surface area (Å²) in [5.74, 6) is -0.223. The van der Waals surface area contributed by atoms with Crippen molar-refractivity contribution in [3.8, 4) is 5.75 Å². The number of alkyl halides is 3. The minimum absolute atomic E-state index is 0.223. The molecule has 1 aromatic carbocycles. The molecule has 0 aliphatic rings. The zero-order valence-corrected chi connectivity index (χ0v) is 11.8. The fourth-order valence-electron chi connectivity index (χ4n) is 1.48. The Morgan fingerprint density at radius 2 is 1.74 bits per heavy atom. The van der Waals surface area contributed by atoms with Gasteiger partial charge in [0.25, 0.3) is 0 Å². The molecule has 1 aromatic rings. The van der Waals surface area contributed by atoms with Gasteiger partial charge in [-0.25, -0.2) is 0 Å². The summed E-state index contributed by atoms with van der Waals surface area (Å²) in [7, 11) is -1.50. The highest BCUT2D eigenvalue weighted by molar-refractivity contribution is 6.43. The average Bonchev–Trinajstić information content (AvgIpc) is 2.27. The largest absolute Gasteiger partial charge is 0.573 e. The SMILES string of the molecule is CCO[Si](Cc1cccc(OC(F)(F)F)c1)OCC. The van der Waals surface area contributed by atoms with Crippen molar-refractivity contribution in [2.45, 2.75) is 26.3 Å². The van der Waals surface area contributed by atoms with Crippen molar-refractivity contribution in [1.29, 1.82) is 0 Å². The molecule has 0 heterocycles. The Bertz CT molecular complexity index is 379. The highest BCUT2D eigenvalue weighted by Crippen LogP contribution is 2.23. The smallest absolute Gasteiger partial charge is 0.406 e. The topological polar surface area (TPSA) is 27.7 Å². The van der Waals surface area contributed by atoms with E-state index in [1.54, 1.807) is 6.07 Å². The molecule has 0 unspecified atom stereocenters. The van der Waals surface area contributed by atoms with Crippen molar-refractivity contribution in [1.82, 2.24) is 0 Å². The Balaban J connectivity index is 2.69. The molecule has 3 nitrogen and oxygen atoms in total. The van der Waals surface area contributed by atoms with Gasteiger partial charge in [0.15, 0.2) is 0 Å². The van der Waals surface area contributed by atoms with Crippen LogP contribution in [0.1, 0.15) is 19.4 Å². The minimum Gasteiger partial charge on any atom is -0.406 e. The molecule has 107 valence electrons. The second-order valence-electron chi connectivity index (χ2n) is 3.61. The van der Waals surface area contributed by atoms with E-state index in [1.165, 1.54) is 18.2 Å². The first kappa shape index (κ1) is 16.0.